The summed E-state index contributed by atoms with van der Waals surface area (Å²) in [5.41, 5.74) is 6.53. The topological polar surface area (TPSA) is 59.9 Å². The Morgan fingerprint density at radius 3 is 2.44 bits per heavy atom. The van der Waals surface area contributed by atoms with Gasteiger partial charge in [0, 0.05) is 5.02 Å². The van der Waals surface area contributed by atoms with Gasteiger partial charge in [0.1, 0.15) is 18.1 Å². The van der Waals surface area contributed by atoms with Crippen molar-refractivity contribution in [1.29, 1.82) is 0 Å². The zero-order chi connectivity index (χ0) is 22.9. The normalized spacial score (nSPS) is 11.0. The minimum atomic E-state index is -0.319. The van der Waals surface area contributed by atoms with Gasteiger partial charge in [-0.25, -0.2) is 5.43 Å². The first-order valence-electron chi connectivity index (χ1n) is 10.4. The van der Waals surface area contributed by atoms with E-state index >= 15 is 0 Å². The number of nitrogens with one attached hydrogen (secondary N) is 1. The van der Waals surface area contributed by atoms with Gasteiger partial charge in [-0.3, -0.25) is 4.79 Å². The van der Waals surface area contributed by atoms with Crippen LogP contribution in [0.1, 0.15) is 42.0 Å². The van der Waals surface area contributed by atoms with E-state index in [0.29, 0.717) is 17.5 Å². The standard InChI is InChI=1S/C26H27ClN2O3/c1-18(2)24-13-4-19(3)14-25(24)32-17-26(30)29-28-15-20-7-11-23(12-8-20)31-16-21-5-9-22(27)10-6-21/h4-15,18H,16-17H2,1-3H3,(H,29,30)/b28-15-. The molecule has 0 atom stereocenters. The van der Waals surface area contributed by atoms with E-state index in [-0.39, 0.29) is 12.5 Å². The monoisotopic (exact) mass is 450 g/mol. The highest BCUT2D eigenvalue weighted by molar-refractivity contribution is 6.30. The van der Waals surface area contributed by atoms with Crippen LogP contribution in [-0.4, -0.2) is 18.7 Å². The third-order valence-corrected chi connectivity index (χ3v) is 5.00. The van der Waals surface area contributed by atoms with E-state index in [1.54, 1.807) is 6.21 Å². The molecule has 32 heavy (non-hydrogen) atoms. The van der Waals surface area contributed by atoms with Crippen molar-refractivity contribution in [3.05, 3.63) is 94.0 Å². The SMILES string of the molecule is Cc1ccc(C(C)C)c(OCC(=O)N/N=C\c2ccc(OCc3ccc(Cl)cc3)cc2)c1. The molecule has 0 aromatic heterocycles. The molecule has 3 aromatic rings. The molecule has 0 fully saturated rings. The summed E-state index contributed by atoms with van der Waals surface area (Å²) in [5, 5.41) is 4.70. The highest BCUT2D eigenvalue weighted by atomic mass is 35.5. The van der Waals surface area contributed by atoms with Gasteiger partial charge in [0.05, 0.1) is 6.21 Å². The summed E-state index contributed by atoms with van der Waals surface area (Å²) in [7, 11) is 0. The van der Waals surface area contributed by atoms with Crippen molar-refractivity contribution in [1.82, 2.24) is 5.43 Å². The van der Waals surface area contributed by atoms with Crippen LogP contribution in [0.3, 0.4) is 0 Å². The summed E-state index contributed by atoms with van der Waals surface area (Å²) in [6.07, 6.45) is 1.58. The van der Waals surface area contributed by atoms with Crippen molar-refractivity contribution >= 4 is 23.7 Å². The van der Waals surface area contributed by atoms with Gasteiger partial charge in [-0.1, -0.05) is 49.7 Å². The number of hydrogen-bond donors (Lipinski definition) is 1. The van der Waals surface area contributed by atoms with Crippen LogP contribution >= 0.6 is 11.6 Å². The average Bonchev–Trinajstić information content (AvgIpc) is 2.78. The molecule has 0 unspecified atom stereocenters. The van der Waals surface area contributed by atoms with Crippen LogP contribution in [0.2, 0.25) is 5.02 Å². The maximum atomic E-state index is 12.1. The molecule has 0 aliphatic heterocycles. The van der Waals surface area contributed by atoms with Gasteiger partial charge in [-0.05, 0) is 77.6 Å². The van der Waals surface area contributed by atoms with Gasteiger partial charge in [0.25, 0.3) is 5.91 Å². The number of hydrazone groups is 1. The molecule has 6 heteroatoms. The summed E-state index contributed by atoms with van der Waals surface area (Å²) in [4.78, 5) is 12.1. The van der Waals surface area contributed by atoms with Crippen molar-refractivity contribution in [3.8, 4) is 11.5 Å². The van der Waals surface area contributed by atoms with Crippen LogP contribution in [-0.2, 0) is 11.4 Å². The first-order valence-corrected chi connectivity index (χ1v) is 10.8. The molecular weight excluding hydrogens is 424 g/mol. The van der Waals surface area contributed by atoms with Crippen LogP contribution < -0.4 is 14.9 Å². The van der Waals surface area contributed by atoms with Gasteiger partial charge in [-0.15, -0.1) is 0 Å². The Kier molecular flexibility index (Phi) is 8.28. The molecule has 0 aliphatic rings. The number of amides is 1. The molecule has 3 rings (SSSR count). The predicted molar refractivity (Wildman–Crippen MR) is 129 cm³/mol. The molecule has 0 radical (unpaired) electrons. The summed E-state index contributed by atoms with van der Waals surface area (Å²) in [6, 6.07) is 21.0. The van der Waals surface area contributed by atoms with Gasteiger partial charge in [0.15, 0.2) is 6.61 Å². The number of ether oxygens (including phenoxy) is 2. The number of benzene rings is 3. The molecule has 166 valence electrons. The predicted octanol–water partition coefficient (Wildman–Crippen LogP) is 5.88. The Hall–Kier alpha value is -3.31. The van der Waals surface area contributed by atoms with Crippen molar-refractivity contribution in [2.24, 2.45) is 5.10 Å². The third-order valence-electron chi connectivity index (χ3n) is 4.75. The molecule has 0 saturated heterocycles. The zero-order valence-electron chi connectivity index (χ0n) is 18.5. The highest BCUT2D eigenvalue weighted by Crippen LogP contribution is 2.27. The van der Waals surface area contributed by atoms with E-state index in [4.69, 9.17) is 21.1 Å². The molecule has 3 aromatic carbocycles. The van der Waals surface area contributed by atoms with Gasteiger partial charge in [-0.2, -0.15) is 5.10 Å². The zero-order valence-corrected chi connectivity index (χ0v) is 19.2. The van der Waals surface area contributed by atoms with Crippen LogP contribution in [0.4, 0.5) is 0 Å². The Morgan fingerprint density at radius 2 is 1.75 bits per heavy atom. The lowest BCUT2D eigenvalue weighted by Gasteiger charge is -2.14. The van der Waals surface area contributed by atoms with Gasteiger partial charge >= 0.3 is 0 Å². The van der Waals surface area contributed by atoms with Crippen LogP contribution in [0.15, 0.2) is 71.8 Å². The van der Waals surface area contributed by atoms with Gasteiger partial charge in [0.2, 0.25) is 0 Å². The Bertz CT molecular complexity index is 1060. The number of carbonyl (C=O) groups is 1. The molecule has 1 N–H and O–H groups in total. The third kappa shape index (κ3) is 7.13. The number of halogens is 1. The lowest BCUT2D eigenvalue weighted by atomic mass is 10.0. The summed E-state index contributed by atoms with van der Waals surface area (Å²) < 4.78 is 11.5. The Labute approximate surface area is 194 Å². The minimum Gasteiger partial charge on any atom is -0.489 e. The van der Waals surface area contributed by atoms with Crippen molar-refractivity contribution in [2.45, 2.75) is 33.3 Å². The number of rotatable bonds is 9. The smallest absolute Gasteiger partial charge is 0.277 e. The highest BCUT2D eigenvalue weighted by Gasteiger charge is 2.10. The fraction of sp³-hybridized carbons (Fsp3) is 0.231. The fourth-order valence-corrected chi connectivity index (χ4v) is 3.12. The number of aryl methyl sites for hydroxylation is 1. The van der Waals surface area contributed by atoms with Crippen LogP contribution in [0.25, 0.3) is 0 Å². The molecule has 0 spiro atoms. The molecular formula is C26H27ClN2O3. The van der Waals surface area contributed by atoms with Crippen molar-refractivity contribution in [3.63, 3.8) is 0 Å². The lowest BCUT2D eigenvalue weighted by molar-refractivity contribution is -0.123. The number of nitrogens with zero attached hydrogens (tertiary/aromatic N) is 1. The Balaban J connectivity index is 1.46. The van der Waals surface area contributed by atoms with E-state index < -0.39 is 0 Å². The number of carbonyl (C=O) groups excluding carboxylic acids is 1. The van der Waals surface area contributed by atoms with E-state index in [1.165, 1.54) is 0 Å². The summed E-state index contributed by atoms with van der Waals surface area (Å²) in [6.45, 7) is 6.54. The second-order valence-corrected chi connectivity index (χ2v) is 8.20. The van der Waals surface area contributed by atoms with Crippen LogP contribution in [0.5, 0.6) is 11.5 Å². The van der Waals surface area contributed by atoms with Crippen LogP contribution in [0, 0.1) is 6.92 Å². The molecule has 5 nitrogen and oxygen atoms in total. The van der Waals surface area contributed by atoms with Gasteiger partial charge < -0.3 is 9.47 Å². The van der Waals surface area contributed by atoms with E-state index in [2.05, 4.69) is 24.4 Å². The molecule has 0 bridgehead atoms. The molecule has 0 heterocycles. The van der Waals surface area contributed by atoms with E-state index in [0.717, 1.165) is 33.8 Å². The lowest BCUT2D eigenvalue weighted by Crippen LogP contribution is -2.25. The number of hydrogen-bond acceptors (Lipinski definition) is 4. The maximum Gasteiger partial charge on any atom is 0.277 e. The first kappa shape index (κ1) is 23.4. The quantitative estimate of drug-likeness (QED) is 0.327. The van der Waals surface area contributed by atoms with Crippen molar-refractivity contribution < 1.29 is 14.3 Å². The summed E-state index contributed by atoms with van der Waals surface area (Å²) >= 11 is 5.89. The largest absolute Gasteiger partial charge is 0.489 e. The van der Waals surface area contributed by atoms with Crippen molar-refractivity contribution in [2.75, 3.05) is 6.61 Å². The first-order chi connectivity index (χ1) is 15.4. The maximum absolute atomic E-state index is 12.1. The fourth-order valence-electron chi connectivity index (χ4n) is 3.00. The second-order valence-electron chi connectivity index (χ2n) is 7.76. The Morgan fingerprint density at radius 1 is 1.03 bits per heavy atom. The second kappa shape index (κ2) is 11.3. The average molecular weight is 451 g/mol. The summed E-state index contributed by atoms with van der Waals surface area (Å²) in [5.74, 6) is 1.46. The minimum absolute atomic E-state index is 0.0992. The molecule has 0 aliphatic carbocycles. The van der Waals surface area contributed by atoms with E-state index in [1.807, 2.05) is 73.7 Å². The molecule has 1 amide bonds. The molecule has 0 saturated carbocycles. The van der Waals surface area contributed by atoms with E-state index in [9.17, 15) is 4.79 Å².